The summed E-state index contributed by atoms with van der Waals surface area (Å²) in [7, 11) is 1.50. The standard InChI is InChI=1S/C15H16FNO3/c1-19-15-7-10(8-18)5-6-14(15)20-9-11-12(16)3-2-4-13(11)17/h2-7,18H,8-9,17H2,1H3. The number of methoxy groups -OCH3 is 1. The normalized spacial score (nSPS) is 10.3. The Morgan fingerprint density at radius 1 is 1.20 bits per heavy atom. The fourth-order valence-corrected chi connectivity index (χ4v) is 1.81. The van der Waals surface area contributed by atoms with Crippen molar-refractivity contribution in [3.8, 4) is 11.5 Å². The number of ether oxygens (including phenoxy) is 2. The summed E-state index contributed by atoms with van der Waals surface area (Å²) in [6.07, 6.45) is 0. The van der Waals surface area contributed by atoms with Gasteiger partial charge in [0.2, 0.25) is 0 Å². The van der Waals surface area contributed by atoms with Crippen LogP contribution in [0.25, 0.3) is 0 Å². The molecule has 0 radical (unpaired) electrons. The topological polar surface area (TPSA) is 64.7 Å². The molecule has 0 saturated heterocycles. The van der Waals surface area contributed by atoms with Crippen molar-refractivity contribution in [2.24, 2.45) is 0 Å². The zero-order valence-electron chi connectivity index (χ0n) is 11.1. The molecule has 0 aliphatic rings. The minimum absolute atomic E-state index is 0.00728. The van der Waals surface area contributed by atoms with Crippen molar-refractivity contribution in [2.45, 2.75) is 13.2 Å². The lowest BCUT2D eigenvalue weighted by molar-refractivity contribution is 0.272. The third-order valence-electron chi connectivity index (χ3n) is 2.94. The van der Waals surface area contributed by atoms with Crippen LogP contribution in [0.3, 0.4) is 0 Å². The molecular weight excluding hydrogens is 261 g/mol. The van der Waals surface area contributed by atoms with Gasteiger partial charge in [0, 0.05) is 11.3 Å². The summed E-state index contributed by atoms with van der Waals surface area (Å²) < 4.78 is 24.4. The molecule has 20 heavy (non-hydrogen) atoms. The van der Waals surface area contributed by atoms with Crippen molar-refractivity contribution in [3.63, 3.8) is 0 Å². The Bertz CT molecular complexity index is 581. The summed E-state index contributed by atoms with van der Waals surface area (Å²) in [5.41, 5.74) is 7.08. The van der Waals surface area contributed by atoms with Crippen LogP contribution in [0.5, 0.6) is 11.5 Å². The largest absolute Gasteiger partial charge is 0.493 e. The molecule has 106 valence electrons. The highest BCUT2D eigenvalue weighted by Crippen LogP contribution is 2.29. The summed E-state index contributed by atoms with van der Waals surface area (Å²) in [6, 6.07) is 9.55. The molecule has 5 heteroatoms. The van der Waals surface area contributed by atoms with Crippen LogP contribution >= 0.6 is 0 Å². The van der Waals surface area contributed by atoms with E-state index in [0.29, 0.717) is 28.3 Å². The van der Waals surface area contributed by atoms with Gasteiger partial charge in [-0.3, -0.25) is 0 Å². The highest BCUT2D eigenvalue weighted by Gasteiger charge is 2.10. The fourth-order valence-electron chi connectivity index (χ4n) is 1.81. The van der Waals surface area contributed by atoms with E-state index in [1.807, 2.05) is 0 Å². The lowest BCUT2D eigenvalue weighted by atomic mass is 10.2. The highest BCUT2D eigenvalue weighted by atomic mass is 19.1. The van der Waals surface area contributed by atoms with E-state index in [4.69, 9.17) is 20.3 Å². The Balaban J connectivity index is 2.19. The molecule has 0 saturated carbocycles. The van der Waals surface area contributed by atoms with Crippen LogP contribution in [0, 0.1) is 5.82 Å². The number of benzene rings is 2. The van der Waals surface area contributed by atoms with Crippen LogP contribution in [0.15, 0.2) is 36.4 Å². The Morgan fingerprint density at radius 2 is 2.00 bits per heavy atom. The molecule has 3 N–H and O–H groups in total. The van der Waals surface area contributed by atoms with Crippen molar-refractivity contribution >= 4 is 5.69 Å². The Hall–Kier alpha value is -2.27. The fraction of sp³-hybridized carbons (Fsp3) is 0.200. The first-order valence-corrected chi connectivity index (χ1v) is 6.09. The number of aliphatic hydroxyl groups excluding tert-OH is 1. The van der Waals surface area contributed by atoms with Gasteiger partial charge in [0.15, 0.2) is 11.5 Å². The second-order valence-corrected chi connectivity index (χ2v) is 4.24. The predicted octanol–water partition coefficient (Wildman–Crippen LogP) is 2.49. The average molecular weight is 277 g/mol. The van der Waals surface area contributed by atoms with E-state index in [-0.39, 0.29) is 13.2 Å². The summed E-state index contributed by atoms with van der Waals surface area (Å²) in [5.74, 6) is 0.537. The molecule has 0 fully saturated rings. The Labute approximate surface area is 116 Å². The first-order chi connectivity index (χ1) is 9.65. The molecule has 2 aromatic rings. The molecule has 0 heterocycles. The lowest BCUT2D eigenvalue weighted by Gasteiger charge is -2.13. The number of hydrogen-bond acceptors (Lipinski definition) is 4. The number of halogens is 1. The van der Waals surface area contributed by atoms with E-state index in [9.17, 15) is 4.39 Å². The van der Waals surface area contributed by atoms with Crippen LogP contribution in [0.1, 0.15) is 11.1 Å². The number of hydrogen-bond donors (Lipinski definition) is 2. The van der Waals surface area contributed by atoms with Crippen LogP contribution in [0.2, 0.25) is 0 Å². The monoisotopic (exact) mass is 277 g/mol. The van der Waals surface area contributed by atoms with E-state index in [2.05, 4.69) is 0 Å². The van der Waals surface area contributed by atoms with E-state index in [0.717, 1.165) is 0 Å². The summed E-state index contributed by atoms with van der Waals surface area (Å²) in [5, 5.41) is 9.07. The van der Waals surface area contributed by atoms with Crippen LogP contribution in [-0.4, -0.2) is 12.2 Å². The summed E-state index contributed by atoms with van der Waals surface area (Å²) >= 11 is 0. The third-order valence-corrected chi connectivity index (χ3v) is 2.94. The SMILES string of the molecule is COc1cc(CO)ccc1OCc1c(N)cccc1F. The average Bonchev–Trinajstić information content (AvgIpc) is 2.46. The van der Waals surface area contributed by atoms with E-state index in [1.165, 1.54) is 13.2 Å². The molecule has 0 atom stereocenters. The van der Waals surface area contributed by atoms with E-state index >= 15 is 0 Å². The first-order valence-electron chi connectivity index (χ1n) is 6.09. The van der Waals surface area contributed by atoms with Crippen molar-refractivity contribution in [3.05, 3.63) is 53.3 Å². The second kappa shape index (κ2) is 6.25. The Morgan fingerprint density at radius 3 is 2.65 bits per heavy atom. The lowest BCUT2D eigenvalue weighted by Crippen LogP contribution is -2.04. The predicted molar refractivity (Wildman–Crippen MR) is 74.1 cm³/mol. The van der Waals surface area contributed by atoms with Gasteiger partial charge in [-0.2, -0.15) is 0 Å². The smallest absolute Gasteiger partial charge is 0.161 e. The van der Waals surface area contributed by atoms with Crippen LogP contribution in [-0.2, 0) is 13.2 Å². The van der Waals surface area contributed by atoms with Crippen molar-refractivity contribution in [1.29, 1.82) is 0 Å². The maximum Gasteiger partial charge on any atom is 0.161 e. The molecule has 2 rings (SSSR count). The van der Waals surface area contributed by atoms with Gasteiger partial charge in [0.1, 0.15) is 12.4 Å². The van der Waals surface area contributed by atoms with E-state index < -0.39 is 5.82 Å². The minimum atomic E-state index is -0.407. The Kier molecular flexibility index (Phi) is 4.42. The molecule has 0 aliphatic carbocycles. The van der Waals surface area contributed by atoms with Crippen molar-refractivity contribution < 1.29 is 19.0 Å². The first kappa shape index (κ1) is 14.1. The zero-order chi connectivity index (χ0) is 14.5. The molecule has 2 aromatic carbocycles. The molecule has 0 bridgehead atoms. The van der Waals surface area contributed by atoms with E-state index in [1.54, 1.807) is 30.3 Å². The van der Waals surface area contributed by atoms with Crippen LogP contribution < -0.4 is 15.2 Å². The zero-order valence-corrected chi connectivity index (χ0v) is 11.1. The molecule has 0 aliphatic heterocycles. The van der Waals surface area contributed by atoms with Gasteiger partial charge in [0.25, 0.3) is 0 Å². The van der Waals surface area contributed by atoms with Gasteiger partial charge in [0.05, 0.1) is 13.7 Å². The molecule has 4 nitrogen and oxygen atoms in total. The number of nitrogen functional groups attached to an aromatic ring is 1. The van der Waals surface area contributed by atoms with Gasteiger partial charge in [-0.1, -0.05) is 12.1 Å². The highest BCUT2D eigenvalue weighted by molar-refractivity contribution is 5.48. The maximum absolute atomic E-state index is 13.6. The quantitative estimate of drug-likeness (QED) is 0.824. The molecule has 0 unspecified atom stereocenters. The summed E-state index contributed by atoms with van der Waals surface area (Å²) in [6.45, 7) is -0.0791. The maximum atomic E-state index is 13.6. The molecular formula is C15H16FNO3. The molecule has 0 spiro atoms. The van der Waals surface area contributed by atoms with Crippen molar-refractivity contribution in [1.82, 2.24) is 0 Å². The number of rotatable bonds is 5. The van der Waals surface area contributed by atoms with Crippen LogP contribution in [0.4, 0.5) is 10.1 Å². The van der Waals surface area contributed by atoms with Gasteiger partial charge in [-0.05, 0) is 29.8 Å². The van der Waals surface area contributed by atoms with Gasteiger partial charge in [-0.25, -0.2) is 4.39 Å². The summed E-state index contributed by atoms with van der Waals surface area (Å²) in [4.78, 5) is 0. The van der Waals surface area contributed by atoms with Gasteiger partial charge in [-0.15, -0.1) is 0 Å². The van der Waals surface area contributed by atoms with Gasteiger partial charge >= 0.3 is 0 Å². The second-order valence-electron chi connectivity index (χ2n) is 4.24. The number of aliphatic hydroxyl groups is 1. The van der Waals surface area contributed by atoms with Crippen molar-refractivity contribution in [2.75, 3.05) is 12.8 Å². The third kappa shape index (κ3) is 3.00. The minimum Gasteiger partial charge on any atom is -0.493 e. The number of anilines is 1. The molecule has 0 amide bonds. The molecule has 0 aromatic heterocycles. The number of nitrogens with two attached hydrogens (primary N) is 1. The van der Waals surface area contributed by atoms with Gasteiger partial charge < -0.3 is 20.3 Å².